The van der Waals surface area contributed by atoms with Crippen LogP contribution >= 0.6 is 11.3 Å². The maximum absolute atomic E-state index is 10.5. The minimum atomic E-state index is 0. The summed E-state index contributed by atoms with van der Waals surface area (Å²) in [6.45, 7) is 23.9. The predicted molar refractivity (Wildman–Crippen MR) is 213 cm³/mol. The molecule has 4 aromatic carbocycles. The summed E-state index contributed by atoms with van der Waals surface area (Å²) in [4.78, 5) is 15.4. The molecule has 0 atom stereocenters. The van der Waals surface area contributed by atoms with E-state index in [0.717, 1.165) is 22.3 Å². The second kappa shape index (κ2) is 14.0. The van der Waals surface area contributed by atoms with E-state index in [1.54, 1.807) is 6.08 Å². The number of benzene rings is 4. The van der Waals surface area contributed by atoms with Crippen LogP contribution in [0.15, 0.2) is 78.6 Å². The average molecular weight is 859 g/mol. The molecule has 0 unspecified atom stereocenters. The Kier molecular flexibility index (Phi) is 10.6. The molecule has 0 bridgehead atoms. The third-order valence-corrected chi connectivity index (χ3v) is 11.3. The van der Waals surface area contributed by atoms with Crippen molar-refractivity contribution in [2.75, 3.05) is 0 Å². The third-order valence-electron chi connectivity index (χ3n) is 10.1. The van der Waals surface area contributed by atoms with Crippen molar-refractivity contribution >= 4 is 58.8 Å². The summed E-state index contributed by atoms with van der Waals surface area (Å²) in [5, 5.41) is 11.8. The number of nitrogens with zero attached hydrogens (tertiary/aromatic N) is 2. The van der Waals surface area contributed by atoms with Crippen molar-refractivity contribution in [3.05, 3.63) is 107 Å². The van der Waals surface area contributed by atoms with E-state index in [0.29, 0.717) is 0 Å². The van der Waals surface area contributed by atoms with Crippen molar-refractivity contribution in [1.29, 1.82) is 0 Å². The van der Waals surface area contributed by atoms with Gasteiger partial charge in [-0.15, -0.1) is 46.5 Å². The molecule has 6 aromatic rings. The minimum Gasteiger partial charge on any atom is -0.686 e. The molecule has 0 N–H and O–H groups in total. The average Bonchev–Trinajstić information content (AvgIpc) is 3.39. The SMILES string of the molecule is CC(=O)/C=C(/C)[N-]C(C)C.CC(C)(C)c1cc(-c2nccc3c2ccc2c4cc5c(cc4sc32)C(C)(C)CCC5(C)C)[c-]c2ccccc12.[Ir]. The van der Waals surface area contributed by atoms with Crippen molar-refractivity contribution in [2.45, 2.75) is 111 Å². The first-order valence-electron chi connectivity index (χ1n) is 17.6. The Labute approximate surface area is 316 Å². The zero-order chi connectivity index (χ0) is 35.5. The van der Waals surface area contributed by atoms with E-state index in [2.05, 4.69) is 121 Å². The number of rotatable bonds is 4. The molecule has 0 aliphatic heterocycles. The molecule has 1 aliphatic rings. The fourth-order valence-corrected chi connectivity index (χ4v) is 8.73. The van der Waals surface area contributed by atoms with Gasteiger partial charge < -0.3 is 5.32 Å². The summed E-state index contributed by atoms with van der Waals surface area (Å²) in [7, 11) is 0. The van der Waals surface area contributed by atoms with Gasteiger partial charge in [0.25, 0.3) is 0 Å². The number of carbonyl (C=O) groups excluding carboxylic acids is 1. The van der Waals surface area contributed by atoms with Gasteiger partial charge in [-0.3, -0.25) is 9.78 Å². The summed E-state index contributed by atoms with van der Waals surface area (Å²) in [6, 6.07) is 26.8. The minimum absolute atomic E-state index is 0. The first-order chi connectivity index (χ1) is 23.0. The molecule has 0 saturated heterocycles. The zero-order valence-corrected chi connectivity index (χ0v) is 34.7. The Balaban J connectivity index is 0.000000388. The number of carbonyl (C=O) groups is 1. The van der Waals surface area contributed by atoms with Crippen LogP contribution in [0, 0.1) is 6.07 Å². The van der Waals surface area contributed by atoms with E-state index in [1.165, 1.54) is 72.8 Å². The normalized spacial score (nSPS) is 15.5. The fraction of sp³-hybridized carbons (Fsp3) is 0.378. The zero-order valence-electron chi connectivity index (χ0n) is 31.5. The first kappa shape index (κ1) is 37.9. The molecule has 0 saturated carbocycles. The van der Waals surface area contributed by atoms with E-state index in [-0.39, 0.29) is 48.2 Å². The molecule has 50 heavy (non-hydrogen) atoms. The van der Waals surface area contributed by atoms with E-state index >= 15 is 0 Å². The van der Waals surface area contributed by atoms with Crippen LogP contribution in [-0.4, -0.2) is 16.8 Å². The summed E-state index contributed by atoms with van der Waals surface area (Å²) < 4.78 is 2.76. The number of hydrogen-bond acceptors (Lipinski definition) is 3. The third kappa shape index (κ3) is 7.33. The molecule has 5 heteroatoms. The van der Waals surface area contributed by atoms with E-state index < -0.39 is 0 Å². The quantitative estimate of drug-likeness (QED) is 0.131. The van der Waals surface area contributed by atoms with Crippen LogP contribution in [-0.2, 0) is 41.1 Å². The van der Waals surface area contributed by atoms with Crippen molar-refractivity contribution in [1.82, 2.24) is 4.98 Å². The Morgan fingerprint density at radius 3 is 2.12 bits per heavy atom. The van der Waals surface area contributed by atoms with Crippen LogP contribution in [0.4, 0.5) is 0 Å². The second-order valence-electron chi connectivity index (χ2n) is 16.5. The van der Waals surface area contributed by atoms with Gasteiger partial charge in [0.1, 0.15) is 0 Å². The van der Waals surface area contributed by atoms with Crippen LogP contribution < -0.4 is 0 Å². The number of pyridine rings is 1. The standard InChI is InChI=1S/C37H36NS.C8H15NO.Ir/c1-35(2,3)29-19-23(18-22-10-8-9-11-24(22)29)33-25-12-13-26-28-20-30-31(37(6,7)16-15-36(30,4)5)21-32(28)39-34(26)27(25)14-17-38-33;1-6(2)9-7(3)5-8(4)10;/h8-14,17,19-21H,15-16H2,1-7H3;5-6H,1-4H3,(H,9,10);/q-1;;/p-1. The Hall–Kier alpha value is -3.37. The predicted octanol–water partition coefficient (Wildman–Crippen LogP) is 13.1. The number of aromatic nitrogens is 1. The smallest absolute Gasteiger partial charge is 0.151 e. The number of hydrogen-bond donors (Lipinski definition) is 0. The molecule has 2 heterocycles. The first-order valence-corrected chi connectivity index (χ1v) is 18.4. The summed E-state index contributed by atoms with van der Waals surface area (Å²) in [5.41, 5.74) is 7.74. The maximum Gasteiger partial charge on any atom is 0.151 e. The van der Waals surface area contributed by atoms with Crippen LogP contribution in [0.5, 0.6) is 0 Å². The van der Waals surface area contributed by atoms with Gasteiger partial charge in [-0.05, 0) is 82.2 Å². The van der Waals surface area contributed by atoms with Gasteiger partial charge in [0.05, 0.1) is 0 Å². The van der Waals surface area contributed by atoms with Gasteiger partial charge in [-0.25, -0.2) is 0 Å². The summed E-state index contributed by atoms with van der Waals surface area (Å²) in [6.07, 6.45) is 6.00. The van der Waals surface area contributed by atoms with Gasteiger partial charge in [-0.1, -0.05) is 111 Å². The molecule has 0 spiro atoms. The summed E-state index contributed by atoms with van der Waals surface area (Å²) >= 11 is 1.94. The van der Waals surface area contributed by atoms with E-state index in [9.17, 15) is 4.79 Å². The van der Waals surface area contributed by atoms with Crippen molar-refractivity contribution in [3.8, 4) is 11.3 Å². The van der Waals surface area contributed by atoms with Crippen molar-refractivity contribution < 1.29 is 24.9 Å². The topological polar surface area (TPSA) is 44.1 Å². The molecule has 1 radical (unpaired) electrons. The second-order valence-corrected chi connectivity index (χ2v) is 17.5. The molecule has 2 aromatic heterocycles. The van der Waals surface area contributed by atoms with Crippen molar-refractivity contribution in [3.63, 3.8) is 0 Å². The molecule has 263 valence electrons. The number of fused-ring (bicyclic) bond motifs is 7. The van der Waals surface area contributed by atoms with Crippen LogP contribution in [0.25, 0.3) is 58.3 Å². The van der Waals surface area contributed by atoms with Gasteiger partial charge in [0, 0.05) is 52.2 Å². The van der Waals surface area contributed by atoms with Gasteiger partial charge in [0.2, 0.25) is 0 Å². The Bertz CT molecular complexity index is 2270. The van der Waals surface area contributed by atoms with E-state index in [1.807, 2.05) is 38.3 Å². The fourth-order valence-electron chi connectivity index (χ4n) is 7.48. The Morgan fingerprint density at radius 1 is 0.860 bits per heavy atom. The number of allylic oxidation sites excluding steroid dienone is 2. The molecule has 0 amide bonds. The molecule has 3 nitrogen and oxygen atoms in total. The largest absolute Gasteiger partial charge is 0.686 e. The summed E-state index contributed by atoms with van der Waals surface area (Å²) in [5.74, 6) is 0.0573. The number of thiophene rings is 1. The van der Waals surface area contributed by atoms with Crippen molar-refractivity contribution in [2.24, 2.45) is 0 Å². The van der Waals surface area contributed by atoms with Crippen LogP contribution in [0.2, 0.25) is 0 Å². The van der Waals surface area contributed by atoms with Gasteiger partial charge in [-0.2, -0.15) is 5.70 Å². The van der Waals surface area contributed by atoms with Crippen LogP contribution in [0.1, 0.15) is 106 Å². The van der Waals surface area contributed by atoms with E-state index in [4.69, 9.17) is 4.98 Å². The maximum atomic E-state index is 10.5. The molecule has 0 fully saturated rings. The van der Waals surface area contributed by atoms with Gasteiger partial charge in [0.15, 0.2) is 5.78 Å². The molecular formula is C45H50IrN2OS-2. The van der Waals surface area contributed by atoms with Gasteiger partial charge >= 0.3 is 0 Å². The monoisotopic (exact) mass is 859 g/mol. The molecule has 7 rings (SSSR count). The molecule has 1 aliphatic carbocycles. The number of ketones is 1. The Morgan fingerprint density at radius 2 is 1.48 bits per heavy atom. The molecular weight excluding hydrogens is 809 g/mol. The van der Waals surface area contributed by atoms with Crippen LogP contribution in [0.3, 0.4) is 0 Å².